The molecule has 224 valence electrons. The number of carbonyl (C=O) groups is 3. The minimum absolute atomic E-state index is 0.103. The average molecular weight is 561 g/mol. The number of nitrogens with zero attached hydrogens (tertiary/aromatic N) is 3. The predicted molar refractivity (Wildman–Crippen MR) is 153 cm³/mol. The van der Waals surface area contributed by atoms with Crippen molar-refractivity contribution in [2.75, 3.05) is 52.7 Å². The fourth-order valence-corrected chi connectivity index (χ4v) is 5.67. The summed E-state index contributed by atoms with van der Waals surface area (Å²) in [4.78, 5) is 45.1. The molecule has 0 aromatic heterocycles. The van der Waals surface area contributed by atoms with Crippen LogP contribution >= 0.6 is 0 Å². The second kappa shape index (κ2) is 14.7. The van der Waals surface area contributed by atoms with Gasteiger partial charge >= 0.3 is 0 Å². The summed E-state index contributed by atoms with van der Waals surface area (Å²) in [5, 5.41) is 3.10. The Morgan fingerprint density at radius 1 is 1.05 bits per heavy atom. The number of amides is 3. The molecule has 0 spiro atoms. The van der Waals surface area contributed by atoms with Gasteiger partial charge in [-0.2, -0.15) is 0 Å². The van der Waals surface area contributed by atoms with E-state index < -0.39 is 11.6 Å². The van der Waals surface area contributed by atoms with E-state index in [2.05, 4.69) is 31.0 Å². The van der Waals surface area contributed by atoms with Crippen molar-refractivity contribution in [2.24, 2.45) is 5.41 Å². The van der Waals surface area contributed by atoms with E-state index in [0.717, 1.165) is 38.0 Å². The first-order valence-electron chi connectivity index (χ1n) is 14.9. The molecule has 2 aliphatic rings. The van der Waals surface area contributed by atoms with Gasteiger partial charge in [0, 0.05) is 19.6 Å². The molecule has 0 unspecified atom stereocenters. The second-order valence-corrected chi connectivity index (χ2v) is 10.5. The van der Waals surface area contributed by atoms with Gasteiger partial charge in [0.05, 0.1) is 11.5 Å². The molecule has 2 aliphatic heterocycles. The zero-order chi connectivity index (χ0) is 29.3. The quantitative estimate of drug-likeness (QED) is 0.291. The van der Waals surface area contributed by atoms with Gasteiger partial charge < -0.3 is 34.2 Å². The molecule has 10 nitrogen and oxygen atoms in total. The lowest BCUT2D eigenvalue weighted by molar-refractivity contribution is -0.224. The first kappa shape index (κ1) is 31.7. The standard InChI is InChI=1S/C30H48N4O6/c1-7-13-23(22-14-15-24-25(18-22)40-21-39-24)31-26(35)19-34-28(37)30(8-2,9-3)29(34)38-20-27(36)33(12-6)17-16-32(10-4)11-5/h14-15,18,23,29H,7-13,16-17,19-21H2,1-6H3,(H,31,35)/t23-,29+/m1/s1. The minimum atomic E-state index is -0.723. The van der Waals surface area contributed by atoms with Crippen molar-refractivity contribution in [3.05, 3.63) is 23.8 Å². The molecule has 3 amide bonds. The van der Waals surface area contributed by atoms with E-state index in [9.17, 15) is 14.4 Å². The highest BCUT2D eigenvalue weighted by molar-refractivity contribution is 5.93. The van der Waals surface area contributed by atoms with Crippen LogP contribution in [0.5, 0.6) is 11.5 Å². The third-order valence-corrected chi connectivity index (χ3v) is 8.41. The Morgan fingerprint density at radius 2 is 1.75 bits per heavy atom. The lowest BCUT2D eigenvalue weighted by atomic mass is 9.71. The van der Waals surface area contributed by atoms with Crippen molar-refractivity contribution in [3.63, 3.8) is 0 Å². The van der Waals surface area contributed by atoms with Crippen LogP contribution in [0.1, 0.15) is 78.8 Å². The summed E-state index contributed by atoms with van der Waals surface area (Å²) in [5.74, 6) is 0.882. The summed E-state index contributed by atoms with van der Waals surface area (Å²) in [6.45, 7) is 16.0. The van der Waals surface area contributed by atoms with Crippen molar-refractivity contribution in [2.45, 2.75) is 79.5 Å². The van der Waals surface area contributed by atoms with Crippen LogP contribution < -0.4 is 14.8 Å². The smallest absolute Gasteiger partial charge is 0.248 e. The largest absolute Gasteiger partial charge is 0.454 e. The fraction of sp³-hybridized carbons (Fsp3) is 0.700. The maximum atomic E-state index is 13.3. The number of carbonyl (C=O) groups excluding carboxylic acids is 3. The molecule has 1 aromatic carbocycles. The van der Waals surface area contributed by atoms with E-state index in [1.54, 1.807) is 4.90 Å². The molecule has 40 heavy (non-hydrogen) atoms. The SMILES string of the molecule is CCC[C@@H](NC(=O)CN1C(=O)C(CC)(CC)[C@@H]1OCC(=O)N(CC)CCN(CC)CC)c1ccc2c(c1)OCO2. The summed E-state index contributed by atoms with van der Waals surface area (Å²) in [5.41, 5.74) is 0.201. The molecule has 1 fully saturated rings. The lowest BCUT2D eigenvalue weighted by Gasteiger charge is -2.54. The van der Waals surface area contributed by atoms with Gasteiger partial charge in [0.2, 0.25) is 24.5 Å². The Kier molecular flexibility index (Phi) is 11.6. The Hall–Kier alpha value is -2.85. The number of hydrogen-bond donors (Lipinski definition) is 1. The van der Waals surface area contributed by atoms with Crippen LogP contribution in [0.2, 0.25) is 0 Å². The van der Waals surface area contributed by atoms with Crippen molar-refractivity contribution in [3.8, 4) is 11.5 Å². The third kappa shape index (κ3) is 6.89. The van der Waals surface area contributed by atoms with Gasteiger partial charge in [-0.15, -0.1) is 0 Å². The Labute approximate surface area is 239 Å². The molecule has 0 saturated carbocycles. The molecule has 2 heterocycles. The highest BCUT2D eigenvalue weighted by atomic mass is 16.7. The highest BCUT2D eigenvalue weighted by Crippen LogP contribution is 2.45. The number of rotatable bonds is 17. The number of likely N-dealkylation sites (N-methyl/N-ethyl adjacent to an activating group) is 2. The van der Waals surface area contributed by atoms with Crippen LogP contribution in [-0.2, 0) is 19.1 Å². The van der Waals surface area contributed by atoms with Gasteiger partial charge in [0.15, 0.2) is 11.5 Å². The van der Waals surface area contributed by atoms with E-state index in [-0.39, 0.29) is 43.7 Å². The third-order valence-electron chi connectivity index (χ3n) is 8.41. The van der Waals surface area contributed by atoms with E-state index in [1.165, 1.54) is 4.90 Å². The predicted octanol–water partition coefficient (Wildman–Crippen LogP) is 3.55. The number of ether oxygens (including phenoxy) is 3. The van der Waals surface area contributed by atoms with Gasteiger partial charge in [-0.1, -0.05) is 47.1 Å². The zero-order valence-electron chi connectivity index (χ0n) is 25.2. The molecular formula is C30H48N4O6. The summed E-state index contributed by atoms with van der Waals surface area (Å²) in [7, 11) is 0. The number of nitrogens with one attached hydrogen (secondary N) is 1. The molecular weight excluding hydrogens is 512 g/mol. The van der Waals surface area contributed by atoms with Gasteiger partial charge in [0.1, 0.15) is 19.4 Å². The highest BCUT2D eigenvalue weighted by Gasteiger charge is 2.59. The van der Waals surface area contributed by atoms with Gasteiger partial charge in [-0.05, 0) is 57.0 Å². The lowest BCUT2D eigenvalue weighted by Crippen LogP contribution is -2.71. The Morgan fingerprint density at radius 3 is 2.38 bits per heavy atom. The van der Waals surface area contributed by atoms with E-state index in [4.69, 9.17) is 14.2 Å². The molecule has 0 bridgehead atoms. The number of benzene rings is 1. The van der Waals surface area contributed by atoms with E-state index in [0.29, 0.717) is 37.4 Å². The first-order valence-corrected chi connectivity index (χ1v) is 14.9. The maximum absolute atomic E-state index is 13.3. The number of β-lactam (4-membered cyclic amide) rings is 1. The minimum Gasteiger partial charge on any atom is -0.454 e. The molecule has 1 saturated heterocycles. The monoisotopic (exact) mass is 560 g/mol. The molecule has 10 heteroatoms. The van der Waals surface area contributed by atoms with Crippen LogP contribution in [0.4, 0.5) is 0 Å². The normalized spacial score (nSPS) is 18.0. The number of hydrogen-bond acceptors (Lipinski definition) is 7. The molecule has 3 rings (SSSR count). The van der Waals surface area contributed by atoms with E-state index >= 15 is 0 Å². The zero-order valence-corrected chi connectivity index (χ0v) is 25.2. The van der Waals surface area contributed by atoms with Crippen LogP contribution in [0.15, 0.2) is 18.2 Å². The molecule has 0 radical (unpaired) electrons. The van der Waals surface area contributed by atoms with Gasteiger partial charge in [-0.3, -0.25) is 14.4 Å². The molecule has 2 atom stereocenters. The van der Waals surface area contributed by atoms with Crippen LogP contribution in [0.25, 0.3) is 0 Å². The number of fused-ring (bicyclic) bond motifs is 1. The summed E-state index contributed by atoms with van der Waals surface area (Å²) in [6, 6.07) is 5.45. The summed E-state index contributed by atoms with van der Waals surface area (Å²) < 4.78 is 17.1. The Bertz CT molecular complexity index is 1010. The maximum Gasteiger partial charge on any atom is 0.248 e. The number of likely N-dealkylation sites (tertiary alicyclic amines) is 1. The molecule has 1 N–H and O–H groups in total. The van der Waals surface area contributed by atoms with Crippen molar-refractivity contribution < 1.29 is 28.6 Å². The molecule has 0 aliphatic carbocycles. The average Bonchev–Trinajstić information content (AvgIpc) is 3.44. The first-order chi connectivity index (χ1) is 19.3. The second-order valence-electron chi connectivity index (χ2n) is 10.5. The van der Waals surface area contributed by atoms with Crippen molar-refractivity contribution in [1.29, 1.82) is 0 Å². The topological polar surface area (TPSA) is 101 Å². The Balaban J connectivity index is 1.65. The van der Waals surface area contributed by atoms with Crippen molar-refractivity contribution in [1.82, 2.24) is 20.0 Å². The van der Waals surface area contributed by atoms with Crippen LogP contribution in [0, 0.1) is 5.41 Å². The summed E-state index contributed by atoms with van der Waals surface area (Å²) in [6.07, 6.45) is 2.14. The summed E-state index contributed by atoms with van der Waals surface area (Å²) >= 11 is 0. The van der Waals surface area contributed by atoms with Gasteiger partial charge in [-0.25, -0.2) is 0 Å². The van der Waals surface area contributed by atoms with Crippen molar-refractivity contribution >= 4 is 17.7 Å². The fourth-order valence-electron chi connectivity index (χ4n) is 5.67. The van der Waals surface area contributed by atoms with Crippen LogP contribution in [-0.4, -0.2) is 91.3 Å². The molecule has 1 aromatic rings. The van der Waals surface area contributed by atoms with Crippen LogP contribution in [0.3, 0.4) is 0 Å². The van der Waals surface area contributed by atoms with Gasteiger partial charge in [0.25, 0.3) is 0 Å². The van der Waals surface area contributed by atoms with E-state index in [1.807, 2.05) is 39.0 Å².